The molecule has 0 aromatic heterocycles. The zero-order chi connectivity index (χ0) is 19.6. The first-order valence-electron chi connectivity index (χ1n) is 10.1. The van der Waals surface area contributed by atoms with Gasteiger partial charge in [-0.1, -0.05) is 36.8 Å². The van der Waals surface area contributed by atoms with Gasteiger partial charge in [0.25, 0.3) is 0 Å². The van der Waals surface area contributed by atoms with Crippen LogP contribution in [0.2, 0.25) is 0 Å². The van der Waals surface area contributed by atoms with Gasteiger partial charge >= 0.3 is 0 Å². The minimum Gasteiger partial charge on any atom is -0.358 e. The third-order valence-corrected chi connectivity index (χ3v) is 5.09. The zero-order valence-corrected chi connectivity index (χ0v) is 20.0. The van der Waals surface area contributed by atoms with E-state index in [1.165, 1.54) is 11.1 Å². The number of aliphatic imine (C=N–C) groups is 1. The quantitative estimate of drug-likeness (QED) is 0.305. The second-order valence-corrected chi connectivity index (χ2v) is 7.40. The number of benzene rings is 1. The molecule has 1 heterocycles. The van der Waals surface area contributed by atoms with Crippen molar-refractivity contribution in [1.82, 2.24) is 20.9 Å². The number of hydrogen-bond acceptors (Lipinski definition) is 3. The van der Waals surface area contributed by atoms with Crippen LogP contribution >= 0.6 is 24.0 Å². The molecule has 1 amide bonds. The van der Waals surface area contributed by atoms with Crippen molar-refractivity contribution in [3.8, 4) is 0 Å². The molecule has 0 aliphatic carbocycles. The minimum absolute atomic E-state index is 0. The highest BCUT2D eigenvalue weighted by Crippen LogP contribution is 2.16. The molecular weight excluding hydrogens is 465 g/mol. The number of carbonyl (C=O) groups is 1. The maximum atomic E-state index is 11.5. The number of likely N-dealkylation sites (tertiary alicyclic amines) is 1. The molecule has 0 saturated carbocycles. The Hall–Kier alpha value is -1.35. The second-order valence-electron chi connectivity index (χ2n) is 7.40. The molecule has 6 nitrogen and oxygen atoms in total. The first kappa shape index (κ1) is 24.7. The van der Waals surface area contributed by atoms with Gasteiger partial charge in [0.15, 0.2) is 5.96 Å². The molecule has 7 heteroatoms. The number of likely N-dealkylation sites (N-methyl/N-ethyl adjacent to an activating group) is 1. The number of hydrogen-bond donors (Lipinski definition) is 3. The summed E-state index contributed by atoms with van der Waals surface area (Å²) in [6.07, 6.45) is 2.05. The Morgan fingerprint density at radius 1 is 1.25 bits per heavy atom. The molecule has 1 atom stereocenters. The Bertz CT molecular complexity index is 612. The van der Waals surface area contributed by atoms with E-state index in [0.29, 0.717) is 18.5 Å². The Labute approximate surface area is 187 Å². The van der Waals surface area contributed by atoms with Crippen LogP contribution in [-0.4, -0.2) is 62.6 Å². The lowest BCUT2D eigenvalue weighted by Gasteiger charge is -2.32. The van der Waals surface area contributed by atoms with Crippen LogP contribution in [0, 0.1) is 6.92 Å². The van der Waals surface area contributed by atoms with E-state index < -0.39 is 0 Å². The largest absolute Gasteiger partial charge is 0.358 e. The number of guanidine groups is 1. The molecule has 28 heavy (non-hydrogen) atoms. The zero-order valence-electron chi connectivity index (χ0n) is 17.6. The monoisotopic (exact) mass is 501 g/mol. The van der Waals surface area contributed by atoms with Gasteiger partial charge in [-0.05, 0) is 32.3 Å². The topological polar surface area (TPSA) is 68.8 Å². The average molecular weight is 501 g/mol. The molecule has 1 aromatic rings. The van der Waals surface area contributed by atoms with E-state index in [4.69, 9.17) is 4.99 Å². The number of carbonyl (C=O) groups excluding carboxylic acids is 1. The van der Waals surface area contributed by atoms with Crippen molar-refractivity contribution in [2.75, 3.05) is 39.8 Å². The summed E-state index contributed by atoms with van der Waals surface area (Å²) in [5.41, 5.74) is 2.61. The Morgan fingerprint density at radius 2 is 1.89 bits per heavy atom. The van der Waals surface area contributed by atoms with Gasteiger partial charge in [0.05, 0.1) is 6.54 Å². The number of rotatable bonds is 7. The summed E-state index contributed by atoms with van der Waals surface area (Å²) in [6, 6.07) is 9.10. The fraction of sp³-hybridized carbons (Fsp3) is 0.619. The van der Waals surface area contributed by atoms with Gasteiger partial charge in [-0.2, -0.15) is 0 Å². The Balaban J connectivity index is 0.00000392. The van der Waals surface area contributed by atoms with Crippen LogP contribution in [0.5, 0.6) is 0 Å². The number of nitrogens with one attached hydrogen (secondary N) is 3. The number of aryl methyl sites for hydroxylation is 1. The summed E-state index contributed by atoms with van der Waals surface area (Å²) in [5.74, 6) is 1.36. The maximum absolute atomic E-state index is 11.5. The Morgan fingerprint density at radius 3 is 2.46 bits per heavy atom. The number of nitrogens with zero attached hydrogens (tertiary/aromatic N) is 2. The van der Waals surface area contributed by atoms with Crippen molar-refractivity contribution >= 4 is 35.8 Å². The molecule has 1 aromatic carbocycles. The van der Waals surface area contributed by atoms with Gasteiger partial charge in [-0.15, -0.1) is 24.0 Å². The van der Waals surface area contributed by atoms with Crippen LogP contribution in [-0.2, 0) is 4.79 Å². The average Bonchev–Trinajstić information content (AvgIpc) is 2.68. The summed E-state index contributed by atoms with van der Waals surface area (Å²) in [6.45, 7) is 10.4. The van der Waals surface area contributed by atoms with Crippen molar-refractivity contribution in [1.29, 1.82) is 0 Å². The third-order valence-electron chi connectivity index (χ3n) is 5.09. The maximum Gasteiger partial charge on any atom is 0.233 e. The lowest BCUT2D eigenvalue weighted by atomic mass is 10.0. The summed E-state index contributed by atoms with van der Waals surface area (Å²) >= 11 is 0. The normalized spacial score (nSPS) is 16.8. The second kappa shape index (κ2) is 13.0. The van der Waals surface area contributed by atoms with E-state index in [1.807, 2.05) is 0 Å². The van der Waals surface area contributed by atoms with Crippen LogP contribution in [0.25, 0.3) is 0 Å². The highest BCUT2D eigenvalue weighted by molar-refractivity contribution is 14.0. The smallest absolute Gasteiger partial charge is 0.233 e. The first-order valence-corrected chi connectivity index (χ1v) is 10.1. The number of piperidine rings is 1. The van der Waals surface area contributed by atoms with Gasteiger partial charge in [-0.25, -0.2) is 0 Å². The molecule has 1 fully saturated rings. The van der Waals surface area contributed by atoms with E-state index in [-0.39, 0.29) is 29.9 Å². The van der Waals surface area contributed by atoms with E-state index in [2.05, 4.69) is 65.9 Å². The lowest BCUT2D eigenvalue weighted by molar-refractivity contribution is -0.122. The highest BCUT2D eigenvalue weighted by atomic mass is 127. The number of amides is 1. The number of halogens is 1. The minimum atomic E-state index is 0. The predicted molar refractivity (Wildman–Crippen MR) is 128 cm³/mol. The van der Waals surface area contributed by atoms with Gasteiger partial charge < -0.3 is 16.0 Å². The van der Waals surface area contributed by atoms with Crippen LogP contribution in [0.1, 0.15) is 43.7 Å². The molecule has 2 rings (SSSR count). The van der Waals surface area contributed by atoms with Gasteiger partial charge in [0, 0.05) is 45.2 Å². The Kier molecular flexibility index (Phi) is 11.4. The van der Waals surface area contributed by atoms with Gasteiger partial charge in [0.2, 0.25) is 5.91 Å². The van der Waals surface area contributed by atoms with E-state index >= 15 is 0 Å². The standard InChI is InChI=1S/C21H35N5O.HI/c1-5-23-21(24-14-17(3)18-8-6-16(2)7-9-18)25-19-10-12-26(13-11-19)15-20(27)22-4;/h6-9,17,19H,5,10-15H2,1-4H3,(H,22,27)(H2,23,24,25);1H. The van der Waals surface area contributed by atoms with Crippen LogP contribution in [0.3, 0.4) is 0 Å². The van der Waals surface area contributed by atoms with Gasteiger partial charge in [-0.3, -0.25) is 14.7 Å². The van der Waals surface area contributed by atoms with Crippen molar-refractivity contribution in [2.45, 2.75) is 45.6 Å². The van der Waals surface area contributed by atoms with E-state index in [9.17, 15) is 4.79 Å². The van der Waals surface area contributed by atoms with Crippen LogP contribution < -0.4 is 16.0 Å². The molecule has 0 bridgehead atoms. The SMILES string of the molecule is CCNC(=NCC(C)c1ccc(C)cc1)NC1CCN(CC(=O)NC)CC1.I. The van der Waals surface area contributed by atoms with Crippen molar-refractivity contribution < 1.29 is 4.79 Å². The lowest BCUT2D eigenvalue weighted by Crippen LogP contribution is -2.50. The van der Waals surface area contributed by atoms with Crippen LogP contribution in [0.15, 0.2) is 29.3 Å². The molecule has 0 radical (unpaired) electrons. The summed E-state index contributed by atoms with van der Waals surface area (Å²) in [5, 5.41) is 9.62. The van der Waals surface area contributed by atoms with Gasteiger partial charge in [0.1, 0.15) is 0 Å². The fourth-order valence-electron chi connectivity index (χ4n) is 3.26. The molecule has 158 valence electrons. The molecular formula is C21H36IN5O. The van der Waals surface area contributed by atoms with Crippen LogP contribution in [0.4, 0.5) is 0 Å². The first-order chi connectivity index (χ1) is 13.0. The molecule has 1 unspecified atom stereocenters. The van der Waals surface area contributed by atoms with Crippen molar-refractivity contribution in [3.05, 3.63) is 35.4 Å². The molecule has 0 spiro atoms. The predicted octanol–water partition coefficient (Wildman–Crippen LogP) is 2.48. The third kappa shape index (κ3) is 8.34. The van der Waals surface area contributed by atoms with E-state index in [0.717, 1.165) is 45.0 Å². The summed E-state index contributed by atoms with van der Waals surface area (Å²) < 4.78 is 0. The molecule has 1 saturated heterocycles. The molecule has 1 aliphatic rings. The highest BCUT2D eigenvalue weighted by Gasteiger charge is 2.21. The summed E-state index contributed by atoms with van der Waals surface area (Å²) in [7, 11) is 1.69. The van der Waals surface area contributed by atoms with E-state index in [1.54, 1.807) is 7.05 Å². The fourth-order valence-corrected chi connectivity index (χ4v) is 3.26. The molecule has 1 aliphatic heterocycles. The summed E-state index contributed by atoms with van der Waals surface area (Å²) in [4.78, 5) is 18.5. The van der Waals surface area contributed by atoms with Crippen molar-refractivity contribution in [2.24, 2.45) is 4.99 Å². The van der Waals surface area contributed by atoms with Crippen molar-refractivity contribution in [3.63, 3.8) is 0 Å². The molecule has 3 N–H and O–H groups in total.